The van der Waals surface area contributed by atoms with E-state index in [4.69, 9.17) is 4.74 Å². The highest BCUT2D eigenvalue weighted by Crippen LogP contribution is 2.23. The first-order chi connectivity index (χ1) is 15.3. The van der Waals surface area contributed by atoms with Crippen LogP contribution in [-0.4, -0.2) is 40.9 Å². The number of hydrogen-bond acceptors (Lipinski definition) is 7. The van der Waals surface area contributed by atoms with Crippen molar-refractivity contribution >= 4 is 17.9 Å². The van der Waals surface area contributed by atoms with Crippen molar-refractivity contribution in [3.8, 4) is 6.01 Å². The van der Waals surface area contributed by atoms with Crippen molar-refractivity contribution < 1.29 is 6.16 Å². The first-order valence-corrected chi connectivity index (χ1v) is 10.8. The number of piperidine rings is 1. The number of hydrazone groups is 1. The van der Waals surface area contributed by atoms with E-state index in [9.17, 15) is 0 Å². The molecule has 0 atom stereocenters. The third kappa shape index (κ3) is 6.25. The maximum absolute atomic E-state index is 5.88. The molecule has 1 aromatic carbocycles. The van der Waals surface area contributed by atoms with Crippen LogP contribution < -0.4 is 15.1 Å². The number of ether oxygens (including phenoxy) is 1. The van der Waals surface area contributed by atoms with Crippen LogP contribution in [0.15, 0.2) is 59.8 Å². The van der Waals surface area contributed by atoms with Crippen molar-refractivity contribution in [3.63, 3.8) is 0 Å². The highest BCUT2D eigenvalue weighted by molar-refractivity contribution is 5.80. The first kappa shape index (κ1) is 20.8. The minimum absolute atomic E-state index is 0. The third-order valence-corrected chi connectivity index (χ3v) is 5.12. The maximum Gasteiger partial charge on any atom is 0.320 e. The molecule has 1 fully saturated rings. The van der Waals surface area contributed by atoms with Gasteiger partial charge in [0.1, 0.15) is 5.82 Å². The molecule has 31 heavy (non-hydrogen) atoms. The topological polar surface area (TPSA) is 75.5 Å². The van der Waals surface area contributed by atoms with Crippen molar-refractivity contribution in [2.24, 2.45) is 5.10 Å². The lowest BCUT2D eigenvalue weighted by molar-refractivity contribution is 0.295. The minimum atomic E-state index is 0. The Labute approximate surface area is 184 Å². The molecule has 0 unspecified atom stereocenters. The quantitative estimate of drug-likeness (QED) is 0.429. The number of aryl methyl sites for hydroxylation is 1. The van der Waals surface area contributed by atoms with Crippen LogP contribution in [0.4, 0.5) is 11.6 Å². The van der Waals surface area contributed by atoms with E-state index in [1.807, 2.05) is 36.4 Å². The van der Waals surface area contributed by atoms with Gasteiger partial charge in [0.2, 0.25) is 0 Å². The molecule has 0 aliphatic carbocycles. The predicted molar refractivity (Wildman–Crippen MR) is 126 cm³/mol. The standard InChI is InChI=1S/C24H28N6O.H2/c1-19-8-7-9-20(16-19)18-26-29-22-17-23(30-13-5-2-6-14-30)28-24(27-22)31-15-11-21-10-3-4-12-25-21;/h3-4,7-10,12,16-18H,2,5-6,11,13-15H2,1H3,(H,27,28,29);1H/b26-18+;. The number of nitrogens with zero attached hydrogens (tertiary/aromatic N) is 5. The monoisotopic (exact) mass is 418 g/mol. The molecule has 3 heterocycles. The van der Waals surface area contributed by atoms with Gasteiger partial charge in [-0.15, -0.1) is 0 Å². The number of rotatable bonds is 8. The summed E-state index contributed by atoms with van der Waals surface area (Å²) in [4.78, 5) is 15.8. The number of hydrogen-bond donors (Lipinski definition) is 1. The van der Waals surface area contributed by atoms with Crippen LogP contribution in [0, 0.1) is 6.92 Å². The van der Waals surface area contributed by atoms with Gasteiger partial charge in [-0.2, -0.15) is 15.1 Å². The van der Waals surface area contributed by atoms with Crippen LogP contribution in [0.25, 0.3) is 0 Å². The van der Waals surface area contributed by atoms with Gasteiger partial charge >= 0.3 is 6.01 Å². The smallest absolute Gasteiger partial charge is 0.320 e. The number of pyridine rings is 1. The fourth-order valence-corrected chi connectivity index (χ4v) is 3.54. The summed E-state index contributed by atoms with van der Waals surface area (Å²) in [5, 5.41) is 4.36. The molecule has 4 rings (SSSR count). The van der Waals surface area contributed by atoms with Gasteiger partial charge in [0.25, 0.3) is 0 Å². The minimum Gasteiger partial charge on any atom is -0.463 e. The fourth-order valence-electron chi connectivity index (χ4n) is 3.54. The molecule has 3 aromatic rings. The molecule has 0 bridgehead atoms. The zero-order valence-electron chi connectivity index (χ0n) is 17.9. The first-order valence-electron chi connectivity index (χ1n) is 10.8. The average Bonchev–Trinajstić information content (AvgIpc) is 2.80. The van der Waals surface area contributed by atoms with Crippen molar-refractivity contribution in [3.05, 3.63) is 71.5 Å². The molecular formula is C24H30N6O. The molecule has 0 spiro atoms. The summed E-state index contributed by atoms with van der Waals surface area (Å²) < 4.78 is 5.88. The van der Waals surface area contributed by atoms with Crippen LogP contribution in [0.3, 0.4) is 0 Å². The van der Waals surface area contributed by atoms with E-state index in [1.54, 1.807) is 12.4 Å². The van der Waals surface area contributed by atoms with Crippen molar-refractivity contribution in [2.75, 3.05) is 30.0 Å². The highest BCUT2D eigenvalue weighted by Gasteiger charge is 2.15. The summed E-state index contributed by atoms with van der Waals surface area (Å²) in [5.74, 6) is 1.49. The highest BCUT2D eigenvalue weighted by atomic mass is 16.5. The lowest BCUT2D eigenvalue weighted by Crippen LogP contribution is -2.30. The molecule has 2 aromatic heterocycles. The molecule has 7 nitrogen and oxygen atoms in total. The maximum atomic E-state index is 5.88. The van der Waals surface area contributed by atoms with E-state index < -0.39 is 0 Å². The summed E-state index contributed by atoms with van der Waals surface area (Å²) in [6.07, 6.45) is 7.89. The third-order valence-electron chi connectivity index (χ3n) is 5.12. The summed E-state index contributed by atoms with van der Waals surface area (Å²) in [6, 6.07) is 16.3. The van der Waals surface area contributed by atoms with E-state index >= 15 is 0 Å². The Morgan fingerprint density at radius 1 is 1.10 bits per heavy atom. The van der Waals surface area contributed by atoms with Gasteiger partial charge in [-0.3, -0.25) is 10.4 Å². The SMILES string of the molecule is Cc1cccc(/C=N/Nc2cc(N3CCCCC3)nc(OCCc3ccccn3)n2)c1.[HH]. The van der Waals surface area contributed by atoms with Crippen LogP contribution in [0.5, 0.6) is 6.01 Å². The Balaban J connectivity index is 0.00000289. The number of anilines is 2. The molecule has 162 valence electrons. The molecular weight excluding hydrogens is 388 g/mol. The molecule has 1 aliphatic heterocycles. The van der Waals surface area contributed by atoms with E-state index in [1.165, 1.54) is 24.8 Å². The molecule has 0 radical (unpaired) electrons. The number of benzene rings is 1. The van der Waals surface area contributed by atoms with Gasteiger partial charge in [-0.05, 0) is 43.9 Å². The van der Waals surface area contributed by atoms with Crippen molar-refractivity contribution in [1.82, 2.24) is 15.0 Å². The molecule has 1 N–H and O–H groups in total. The van der Waals surface area contributed by atoms with Gasteiger partial charge in [-0.25, -0.2) is 0 Å². The van der Waals surface area contributed by atoms with Crippen LogP contribution in [0.2, 0.25) is 0 Å². The molecule has 1 saturated heterocycles. The zero-order valence-corrected chi connectivity index (χ0v) is 17.9. The largest absolute Gasteiger partial charge is 0.463 e. The van der Waals surface area contributed by atoms with E-state index in [2.05, 4.69) is 49.4 Å². The lowest BCUT2D eigenvalue weighted by Gasteiger charge is -2.28. The van der Waals surface area contributed by atoms with E-state index in [-0.39, 0.29) is 1.43 Å². The zero-order chi connectivity index (χ0) is 21.3. The van der Waals surface area contributed by atoms with Gasteiger partial charge in [-0.1, -0.05) is 35.9 Å². The summed E-state index contributed by atoms with van der Waals surface area (Å²) in [6.45, 7) is 4.52. The summed E-state index contributed by atoms with van der Waals surface area (Å²) in [5.41, 5.74) is 6.25. The molecule has 0 saturated carbocycles. The van der Waals surface area contributed by atoms with E-state index in [0.29, 0.717) is 24.9 Å². The summed E-state index contributed by atoms with van der Waals surface area (Å²) >= 11 is 0. The Hall–Kier alpha value is -3.48. The van der Waals surface area contributed by atoms with Crippen LogP contribution in [-0.2, 0) is 6.42 Å². The molecule has 7 heteroatoms. The second kappa shape index (κ2) is 10.5. The summed E-state index contributed by atoms with van der Waals surface area (Å²) in [7, 11) is 0. The van der Waals surface area contributed by atoms with E-state index in [0.717, 1.165) is 30.2 Å². The second-order valence-corrected chi connectivity index (χ2v) is 7.65. The van der Waals surface area contributed by atoms with Gasteiger partial charge in [0.15, 0.2) is 5.82 Å². The second-order valence-electron chi connectivity index (χ2n) is 7.65. The Morgan fingerprint density at radius 2 is 2.00 bits per heavy atom. The Bertz CT molecular complexity index is 1010. The lowest BCUT2D eigenvalue weighted by atomic mass is 10.1. The van der Waals surface area contributed by atoms with Gasteiger partial charge in [0, 0.05) is 38.9 Å². The van der Waals surface area contributed by atoms with Crippen molar-refractivity contribution in [1.29, 1.82) is 0 Å². The predicted octanol–water partition coefficient (Wildman–Crippen LogP) is 4.48. The molecule has 1 aliphatic rings. The fraction of sp³-hybridized carbons (Fsp3) is 0.333. The van der Waals surface area contributed by atoms with Gasteiger partial charge in [0.05, 0.1) is 12.8 Å². The Morgan fingerprint density at radius 3 is 2.81 bits per heavy atom. The average molecular weight is 419 g/mol. The van der Waals surface area contributed by atoms with Crippen LogP contribution >= 0.6 is 0 Å². The number of aromatic nitrogens is 3. The number of nitrogens with one attached hydrogen (secondary N) is 1. The van der Waals surface area contributed by atoms with Crippen molar-refractivity contribution in [2.45, 2.75) is 32.6 Å². The normalized spacial score (nSPS) is 14.0. The van der Waals surface area contributed by atoms with Crippen LogP contribution in [0.1, 0.15) is 37.5 Å². The van der Waals surface area contributed by atoms with Gasteiger partial charge < -0.3 is 9.64 Å². The molecule has 0 amide bonds. The Kier molecular flexibility index (Phi) is 7.05.